The number of hydrogen-bond acceptors (Lipinski definition) is 2. The van der Waals surface area contributed by atoms with Gasteiger partial charge in [-0.2, -0.15) is 0 Å². The van der Waals surface area contributed by atoms with Crippen molar-refractivity contribution in [3.05, 3.63) is 35.4 Å². The Balaban J connectivity index is 2.45. The van der Waals surface area contributed by atoms with E-state index in [-0.39, 0.29) is 0 Å². The van der Waals surface area contributed by atoms with Crippen molar-refractivity contribution in [3.8, 4) is 0 Å². The van der Waals surface area contributed by atoms with Crippen molar-refractivity contribution in [2.45, 2.75) is 32.7 Å². The van der Waals surface area contributed by atoms with Gasteiger partial charge < -0.3 is 10.1 Å². The van der Waals surface area contributed by atoms with E-state index in [1.807, 2.05) is 0 Å². The van der Waals surface area contributed by atoms with Crippen LogP contribution in [0, 0.1) is 6.92 Å². The quantitative estimate of drug-likeness (QED) is 0.764. The lowest BCUT2D eigenvalue weighted by atomic mass is 10.0. The third-order valence-electron chi connectivity index (χ3n) is 2.88. The number of methoxy groups -OCH3 is 1. The molecule has 2 nitrogen and oxygen atoms in total. The van der Waals surface area contributed by atoms with Crippen LogP contribution in [0.4, 0.5) is 0 Å². The average Bonchev–Trinajstić information content (AvgIpc) is 2.28. The molecule has 0 aliphatic rings. The van der Waals surface area contributed by atoms with Gasteiger partial charge in [0.1, 0.15) is 0 Å². The molecule has 1 atom stereocenters. The number of rotatable bonds is 7. The highest BCUT2D eigenvalue weighted by molar-refractivity contribution is 5.25. The molecular formula is C14H23NO. The largest absolute Gasteiger partial charge is 0.383 e. The molecule has 0 aliphatic carbocycles. The Kier molecular flexibility index (Phi) is 6.12. The van der Waals surface area contributed by atoms with Crippen molar-refractivity contribution < 1.29 is 4.74 Å². The van der Waals surface area contributed by atoms with Gasteiger partial charge in [-0.25, -0.2) is 0 Å². The maximum absolute atomic E-state index is 5.21. The topological polar surface area (TPSA) is 21.3 Å². The van der Waals surface area contributed by atoms with Gasteiger partial charge in [0.2, 0.25) is 0 Å². The Bertz CT molecular complexity index is 293. The summed E-state index contributed by atoms with van der Waals surface area (Å²) in [5, 5.41) is 3.45. The fourth-order valence-corrected chi connectivity index (χ4v) is 1.95. The van der Waals surface area contributed by atoms with Gasteiger partial charge in [-0.15, -0.1) is 0 Å². The molecule has 1 N–H and O–H groups in total. The van der Waals surface area contributed by atoms with E-state index in [4.69, 9.17) is 4.74 Å². The zero-order valence-corrected chi connectivity index (χ0v) is 10.6. The Hall–Kier alpha value is -0.860. The van der Waals surface area contributed by atoms with Crippen LogP contribution in [0.3, 0.4) is 0 Å². The molecule has 1 aromatic rings. The average molecular weight is 221 g/mol. The van der Waals surface area contributed by atoms with Gasteiger partial charge >= 0.3 is 0 Å². The SMILES string of the molecule is CCNC(CCc1ccccc1C)COC. The van der Waals surface area contributed by atoms with E-state index < -0.39 is 0 Å². The number of likely N-dealkylation sites (N-methyl/N-ethyl adjacent to an activating group) is 1. The van der Waals surface area contributed by atoms with Gasteiger partial charge in [-0.1, -0.05) is 31.2 Å². The zero-order chi connectivity index (χ0) is 11.8. The van der Waals surface area contributed by atoms with Crippen LogP contribution < -0.4 is 5.32 Å². The van der Waals surface area contributed by atoms with Crippen molar-refractivity contribution in [2.75, 3.05) is 20.3 Å². The molecule has 0 saturated carbocycles. The van der Waals surface area contributed by atoms with Gasteiger partial charge in [0.25, 0.3) is 0 Å². The Morgan fingerprint density at radius 1 is 1.31 bits per heavy atom. The normalized spacial score (nSPS) is 12.7. The summed E-state index contributed by atoms with van der Waals surface area (Å²) in [6, 6.07) is 9.06. The van der Waals surface area contributed by atoms with Gasteiger partial charge in [0, 0.05) is 13.2 Å². The fourth-order valence-electron chi connectivity index (χ4n) is 1.95. The van der Waals surface area contributed by atoms with Gasteiger partial charge in [0.15, 0.2) is 0 Å². The second-order valence-corrected chi connectivity index (χ2v) is 4.18. The van der Waals surface area contributed by atoms with Crippen molar-refractivity contribution >= 4 is 0 Å². The van der Waals surface area contributed by atoms with Crippen LogP contribution in [0.2, 0.25) is 0 Å². The van der Waals surface area contributed by atoms with Crippen molar-refractivity contribution in [3.63, 3.8) is 0 Å². The molecular weight excluding hydrogens is 198 g/mol. The standard InChI is InChI=1S/C14H23NO/c1-4-15-14(11-16-3)10-9-13-8-6-5-7-12(13)2/h5-8,14-15H,4,9-11H2,1-3H3. The predicted molar refractivity (Wildman–Crippen MR) is 68.8 cm³/mol. The van der Waals surface area contributed by atoms with E-state index in [2.05, 4.69) is 43.4 Å². The van der Waals surface area contributed by atoms with Crippen molar-refractivity contribution in [1.82, 2.24) is 5.32 Å². The number of aryl methyl sites for hydroxylation is 2. The van der Waals surface area contributed by atoms with E-state index in [1.54, 1.807) is 7.11 Å². The van der Waals surface area contributed by atoms with Gasteiger partial charge in [-0.05, 0) is 37.4 Å². The maximum Gasteiger partial charge on any atom is 0.0615 e. The molecule has 0 saturated heterocycles. The lowest BCUT2D eigenvalue weighted by molar-refractivity contribution is 0.163. The molecule has 0 bridgehead atoms. The summed E-state index contributed by atoms with van der Waals surface area (Å²) < 4.78 is 5.21. The molecule has 0 fully saturated rings. The highest BCUT2D eigenvalue weighted by Crippen LogP contribution is 2.10. The molecule has 1 aromatic carbocycles. The Labute approximate surface area is 99.0 Å². The number of ether oxygens (including phenoxy) is 1. The highest BCUT2D eigenvalue weighted by atomic mass is 16.5. The van der Waals surface area contributed by atoms with Crippen LogP contribution in [-0.2, 0) is 11.2 Å². The molecule has 1 rings (SSSR count). The second-order valence-electron chi connectivity index (χ2n) is 4.18. The summed E-state index contributed by atoms with van der Waals surface area (Å²) in [5.41, 5.74) is 2.83. The highest BCUT2D eigenvalue weighted by Gasteiger charge is 2.07. The van der Waals surface area contributed by atoms with Gasteiger partial charge in [-0.3, -0.25) is 0 Å². The smallest absolute Gasteiger partial charge is 0.0615 e. The molecule has 0 aliphatic heterocycles. The first-order valence-electron chi connectivity index (χ1n) is 6.04. The van der Waals surface area contributed by atoms with Crippen LogP contribution in [-0.4, -0.2) is 26.3 Å². The summed E-state index contributed by atoms with van der Waals surface area (Å²) in [7, 11) is 1.76. The predicted octanol–water partition coefficient (Wildman–Crippen LogP) is 2.55. The summed E-state index contributed by atoms with van der Waals surface area (Å²) in [6.45, 7) is 6.10. The molecule has 0 amide bonds. The van der Waals surface area contributed by atoms with Crippen LogP contribution in [0.25, 0.3) is 0 Å². The molecule has 1 unspecified atom stereocenters. The minimum atomic E-state index is 0.467. The Morgan fingerprint density at radius 3 is 2.69 bits per heavy atom. The van der Waals surface area contributed by atoms with Crippen molar-refractivity contribution in [1.29, 1.82) is 0 Å². The molecule has 16 heavy (non-hydrogen) atoms. The monoisotopic (exact) mass is 221 g/mol. The third kappa shape index (κ3) is 4.33. The molecule has 0 heterocycles. The molecule has 90 valence electrons. The van der Waals surface area contributed by atoms with E-state index in [0.29, 0.717) is 6.04 Å². The summed E-state index contributed by atoms with van der Waals surface area (Å²) >= 11 is 0. The van der Waals surface area contributed by atoms with Gasteiger partial charge in [0.05, 0.1) is 6.61 Å². The van der Waals surface area contributed by atoms with Crippen LogP contribution >= 0.6 is 0 Å². The Morgan fingerprint density at radius 2 is 2.06 bits per heavy atom. The number of hydrogen-bond donors (Lipinski definition) is 1. The number of benzene rings is 1. The molecule has 0 aromatic heterocycles. The minimum absolute atomic E-state index is 0.467. The summed E-state index contributed by atoms with van der Waals surface area (Å²) in [4.78, 5) is 0. The minimum Gasteiger partial charge on any atom is -0.383 e. The second kappa shape index (κ2) is 7.42. The first-order chi connectivity index (χ1) is 7.77. The van der Waals surface area contributed by atoms with E-state index in [9.17, 15) is 0 Å². The van der Waals surface area contributed by atoms with Crippen molar-refractivity contribution in [2.24, 2.45) is 0 Å². The van der Waals surface area contributed by atoms with E-state index >= 15 is 0 Å². The third-order valence-corrected chi connectivity index (χ3v) is 2.88. The fraction of sp³-hybridized carbons (Fsp3) is 0.571. The molecule has 2 heteroatoms. The molecule has 0 radical (unpaired) electrons. The first-order valence-corrected chi connectivity index (χ1v) is 6.04. The van der Waals surface area contributed by atoms with Crippen LogP contribution in [0.15, 0.2) is 24.3 Å². The van der Waals surface area contributed by atoms with E-state index in [1.165, 1.54) is 11.1 Å². The van der Waals surface area contributed by atoms with Crippen LogP contribution in [0.1, 0.15) is 24.5 Å². The maximum atomic E-state index is 5.21. The number of nitrogens with one attached hydrogen (secondary N) is 1. The zero-order valence-electron chi connectivity index (χ0n) is 10.6. The lowest BCUT2D eigenvalue weighted by Crippen LogP contribution is -2.33. The van der Waals surface area contributed by atoms with E-state index in [0.717, 1.165) is 26.0 Å². The summed E-state index contributed by atoms with van der Waals surface area (Å²) in [5.74, 6) is 0. The first kappa shape index (κ1) is 13.2. The summed E-state index contributed by atoms with van der Waals surface area (Å²) in [6.07, 6.45) is 2.25. The molecule has 0 spiro atoms. The van der Waals surface area contributed by atoms with Crippen LogP contribution in [0.5, 0.6) is 0 Å². The lowest BCUT2D eigenvalue weighted by Gasteiger charge is -2.17.